The summed E-state index contributed by atoms with van der Waals surface area (Å²) >= 11 is 0. The van der Waals surface area contributed by atoms with Crippen molar-refractivity contribution >= 4 is 12.3 Å². The highest BCUT2D eigenvalue weighted by Gasteiger charge is 2.14. The summed E-state index contributed by atoms with van der Waals surface area (Å²) < 4.78 is 10.2. The predicted octanol–water partition coefficient (Wildman–Crippen LogP) is 4.63. The summed E-state index contributed by atoms with van der Waals surface area (Å²) in [7, 11) is 0. The zero-order chi connectivity index (χ0) is 19.2. The Bertz CT molecular complexity index is 924. The maximum absolute atomic E-state index is 11.4. The molecule has 0 bridgehead atoms. The Kier molecular flexibility index (Phi) is 5.81. The molecular weight excluding hydrogens is 342 g/mol. The van der Waals surface area contributed by atoms with Gasteiger partial charge in [-0.1, -0.05) is 53.7 Å². The second kappa shape index (κ2) is 8.45. The molecule has 0 unspecified atom stereocenters. The fourth-order valence-electron chi connectivity index (χ4n) is 2.88. The van der Waals surface area contributed by atoms with Gasteiger partial charge in [-0.25, -0.2) is 0 Å². The predicted molar refractivity (Wildman–Crippen MR) is 102 cm³/mol. The van der Waals surface area contributed by atoms with Crippen LogP contribution in [0.2, 0.25) is 0 Å². The third kappa shape index (κ3) is 4.31. The van der Waals surface area contributed by atoms with Crippen molar-refractivity contribution in [3.63, 3.8) is 0 Å². The van der Waals surface area contributed by atoms with Gasteiger partial charge in [0.2, 0.25) is 0 Å². The van der Waals surface area contributed by atoms with Crippen molar-refractivity contribution in [1.29, 1.82) is 0 Å². The largest absolute Gasteiger partial charge is 0.466 e. The molecule has 0 amide bonds. The number of carbonyl (C=O) groups excluding carboxylic acids is 2. The van der Waals surface area contributed by atoms with Crippen molar-refractivity contribution in [2.24, 2.45) is 0 Å². The van der Waals surface area contributed by atoms with Gasteiger partial charge in [0.15, 0.2) is 12.0 Å². The molecule has 5 heteroatoms. The van der Waals surface area contributed by atoms with Gasteiger partial charge in [-0.2, -0.15) is 0 Å². The second-order valence-corrected chi connectivity index (χ2v) is 6.21. The van der Waals surface area contributed by atoms with Crippen LogP contribution >= 0.6 is 0 Å². The summed E-state index contributed by atoms with van der Waals surface area (Å²) in [5, 5.41) is 3.86. The summed E-state index contributed by atoms with van der Waals surface area (Å²) in [5.41, 5.74) is 5.10. The Morgan fingerprint density at radius 3 is 2.22 bits per heavy atom. The molecule has 0 fully saturated rings. The van der Waals surface area contributed by atoms with Crippen molar-refractivity contribution in [2.45, 2.75) is 26.7 Å². The molecule has 0 radical (unpaired) electrons. The number of rotatable bonds is 7. The van der Waals surface area contributed by atoms with E-state index < -0.39 is 0 Å². The van der Waals surface area contributed by atoms with Crippen molar-refractivity contribution < 1.29 is 18.8 Å². The van der Waals surface area contributed by atoms with Crippen molar-refractivity contribution in [1.82, 2.24) is 5.16 Å². The molecule has 0 aliphatic heterocycles. The smallest absolute Gasteiger partial charge is 0.306 e. The highest BCUT2D eigenvalue weighted by atomic mass is 16.5. The molecule has 0 saturated heterocycles. The number of aromatic nitrogens is 1. The number of esters is 1. The molecule has 0 spiro atoms. The fraction of sp³-hybridized carbons (Fsp3) is 0.227. The SMILES string of the molecule is CCOC(=O)CCc1ccc(-c2ccc(-c3onc(C)c3C=O)cc2)cc1. The van der Waals surface area contributed by atoms with Crippen LogP contribution in [0.4, 0.5) is 0 Å². The number of hydrogen-bond acceptors (Lipinski definition) is 5. The summed E-state index contributed by atoms with van der Waals surface area (Å²) in [6.07, 6.45) is 1.82. The zero-order valence-corrected chi connectivity index (χ0v) is 15.4. The molecule has 138 valence electrons. The Morgan fingerprint density at radius 1 is 1.04 bits per heavy atom. The zero-order valence-electron chi connectivity index (χ0n) is 15.4. The van der Waals surface area contributed by atoms with E-state index in [0.717, 1.165) is 28.5 Å². The molecule has 0 atom stereocenters. The van der Waals surface area contributed by atoms with Crippen LogP contribution in [-0.2, 0) is 16.0 Å². The van der Waals surface area contributed by atoms with Gasteiger partial charge in [0.25, 0.3) is 0 Å². The van der Waals surface area contributed by atoms with Crippen LogP contribution in [-0.4, -0.2) is 24.0 Å². The Labute approximate surface area is 158 Å². The first-order valence-corrected chi connectivity index (χ1v) is 8.89. The highest BCUT2D eigenvalue weighted by molar-refractivity contribution is 5.86. The Hall–Kier alpha value is -3.21. The minimum atomic E-state index is -0.172. The molecule has 3 aromatic rings. The quantitative estimate of drug-likeness (QED) is 0.452. The molecule has 1 aromatic heterocycles. The molecule has 0 aliphatic rings. The molecule has 0 N–H and O–H groups in total. The molecule has 2 aromatic carbocycles. The lowest BCUT2D eigenvalue weighted by Gasteiger charge is -2.06. The van der Waals surface area contributed by atoms with Crippen molar-refractivity contribution in [2.75, 3.05) is 6.61 Å². The van der Waals surface area contributed by atoms with Crippen LogP contribution < -0.4 is 0 Å². The van der Waals surface area contributed by atoms with E-state index in [4.69, 9.17) is 9.26 Å². The summed E-state index contributed by atoms with van der Waals surface area (Å²) in [4.78, 5) is 22.7. The topological polar surface area (TPSA) is 69.4 Å². The van der Waals surface area contributed by atoms with Crippen molar-refractivity contribution in [3.8, 4) is 22.5 Å². The number of carbonyl (C=O) groups is 2. The molecule has 5 nitrogen and oxygen atoms in total. The van der Waals surface area contributed by atoms with Crippen molar-refractivity contribution in [3.05, 3.63) is 65.4 Å². The minimum absolute atomic E-state index is 0.172. The van der Waals surface area contributed by atoms with Gasteiger partial charge in [-0.15, -0.1) is 0 Å². The molecular formula is C22H21NO4. The van der Waals surface area contributed by atoms with Crippen LogP contribution in [0.5, 0.6) is 0 Å². The second-order valence-electron chi connectivity index (χ2n) is 6.21. The summed E-state index contributed by atoms with van der Waals surface area (Å²) in [6.45, 7) is 3.96. The van der Waals surface area contributed by atoms with Crippen LogP contribution in [0.1, 0.15) is 35.0 Å². The maximum Gasteiger partial charge on any atom is 0.306 e. The number of ether oxygens (including phenoxy) is 1. The lowest BCUT2D eigenvalue weighted by atomic mass is 10.00. The number of benzene rings is 2. The first-order valence-electron chi connectivity index (χ1n) is 8.89. The van der Waals surface area contributed by atoms with Crippen LogP contribution in [0.3, 0.4) is 0 Å². The normalized spacial score (nSPS) is 10.6. The van der Waals surface area contributed by atoms with Gasteiger partial charge in [0.1, 0.15) is 0 Å². The summed E-state index contributed by atoms with van der Waals surface area (Å²) in [6, 6.07) is 15.9. The van der Waals surface area contributed by atoms with E-state index in [-0.39, 0.29) is 5.97 Å². The molecule has 0 aliphatic carbocycles. The Balaban J connectivity index is 1.71. The molecule has 0 saturated carbocycles. The highest BCUT2D eigenvalue weighted by Crippen LogP contribution is 2.28. The molecule has 27 heavy (non-hydrogen) atoms. The lowest BCUT2D eigenvalue weighted by Crippen LogP contribution is -2.05. The minimum Gasteiger partial charge on any atom is -0.466 e. The standard InChI is InChI=1S/C22H21NO4/c1-3-26-21(25)13-6-16-4-7-17(8-5-16)18-9-11-19(12-10-18)22-20(14-24)15(2)23-27-22/h4-5,7-12,14H,3,6,13H2,1-2H3. The number of nitrogens with zero attached hydrogens (tertiary/aromatic N) is 1. The monoisotopic (exact) mass is 363 g/mol. The van der Waals surface area contributed by atoms with Crippen LogP contribution in [0.25, 0.3) is 22.5 Å². The van der Waals surface area contributed by atoms with Crippen LogP contribution in [0, 0.1) is 6.92 Å². The van der Waals surface area contributed by atoms with E-state index in [1.807, 2.05) is 48.5 Å². The van der Waals surface area contributed by atoms with E-state index in [9.17, 15) is 9.59 Å². The van der Waals surface area contributed by atoms with Gasteiger partial charge < -0.3 is 9.26 Å². The Morgan fingerprint density at radius 2 is 1.63 bits per heavy atom. The molecule has 3 rings (SSSR count). The van der Waals surface area contributed by atoms with Gasteiger partial charge >= 0.3 is 5.97 Å². The first kappa shape index (κ1) is 18.6. The van der Waals surface area contributed by atoms with E-state index in [1.165, 1.54) is 0 Å². The van der Waals surface area contributed by atoms with Crippen LogP contribution in [0.15, 0.2) is 53.1 Å². The average molecular weight is 363 g/mol. The average Bonchev–Trinajstić information content (AvgIpc) is 3.07. The van der Waals surface area contributed by atoms with E-state index in [1.54, 1.807) is 13.8 Å². The number of hydrogen-bond donors (Lipinski definition) is 0. The van der Waals surface area contributed by atoms with Gasteiger partial charge in [-0.3, -0.25) is 9.59 Å². The number of aryl methyl sites for hydroxylation is 2. The van der Waals surface area contributed by atoms with E-state index in [0.29, 0.717) is 36.5 Å². The third-order valence-electron chi connectivity index (χ3n) is 4.38. The lowest BCUT2D eigenvalue weighted by molar-refractivity contribution is -0.143. The molecule has 1 heterocycles. The van der Waals surface area contributed by atoms with Gasteiger partial charge in [0, 0.05) is 12.0 Å². The van der Waals surface area contributed by atoms with Gasteiger partial charge in [0.05, 0.1) is 17.9 Å². The van der Waals surface area contributed by atoms with E-state index in [2.05, 4.69) is 5.16 Å². The first-order chi connectivity index (χ1) is 13.1. The number of aldehydes is 1. The fourth-order valence-corrected chi connectivity index (χ4v) is 2.88. The van der Waals surface area contributed by atoms with E-state index >= 15 is 0 Å². The third-order valence-corrected chi connectivity index (χ3v) is 4.38. The maximum atomic E-state index is 11.4. The van der Waals surface area contributed by atoms with Gasteiger partial charge in [-0.05, 0) is 37.0 Å². The summed E-state index contributed by atoms with van der Waals surface area (Å²) in [5.74, 6) is 0.317.